The fourth-order valence-corrected chi connectivity index (χ4v) is 5.16. The Morgan fingerprint density at radius 2 is 1.69 bits per heavy atom. The van der Waals surface area contributed by atoms with Crippen LogP contribution in [0, 0.1) is 26.7 Å². The molecule has 0 saturated carbocycles. The third-order valence-corrected chi connectivity index (χ3v) is 7.07. The summed E-state index contributed by atoms with van der Waals surface area (Å²) >= 11 is 0. The van der Waals surface area contributed by atoms with Crippen molar-refractivity contribution in [1.82, 2.24) is 19.7 Å². The number of nitrogens with zero attached hydrogens (tertiary/aromatic N) is 3. The highest BCUT2D eigenvalue weighted by Gasteiger charge is 2.58. The van der Waals surface area contributed by atoms with Gasteiger partial charge in [0.25, 0.3) is 0 Å². The Morgan fingerprint density at radius 1 is 1.03 bits per heavy atom. The van der Waals surface area contributed by atoms with Gasteiger partial charge in [-0.05, 0) is 57.4 Å². The molecule has 0 fully saturated rings. The average molecular weight is 523 g/mol. The highest BCUT2D eigenvalue weighted by atomic mass is 32.2. The first-order valence-corrected chi connectivity index (χ1v) is 12.8. The summed E-state index contributed by atoms with van der Waals surface area (Å²) in [5.74, 6) is 0.0415. The van der Waals surface area contributed by atoms with Gasteiger partial charge in [0.1, 0.15) is 12.4 Å². The van der Waals surface area contributed by atoms with Crippen LogP contribution < -0.4 is 9.46 Å². The third-order valence-electron chi connectivity index (χ3n) is 5.52. The molecule has 1 atom stereocenters. The number of rotatable bonds is 9. The smallest absolute Gasteiger partial charge is 0.410 e. The van der Waals surface area contributed by atoms with Crippen LogP contribution in [-0.2, 0) is 10.0 Å². The van der Waals surface area contributed by atoms with Gasteiger partial charge in [-0.3, -0.25) is 0 Å². The van der Waals surface area contributed by atoms with Crippen LogP contribution in [0.3, 0.4) is 0 Å². The van der Waals surface area contributed by atoms with E-state index in [1.807, 2.05) is 4.72 Å². The van der Waals surface area contributed by atoms with E-state index in [1.165, 1.54) is 30.5 Å². The number of halogens is 3. The van der Waals surface area contributed by atoms with Crippen molar-refractivity contribution in [2.24, 2.45) is 5.92 Å². The molecule has 0 aliphatic carbocycles. The Balaban J connectivity index is 1.94. The molecular weight excluding hydrogens is 493 g/mol. The fourth-order valence-electron chi connectivity index (χ4n) is 3.78. The van der Waals surface area contributed by atoms with Crippen molar-refractivity contribution < 1.29 is 26.3 Å². The van der Waals surface area contributed by atoms with Crippen molar-refractivity contribution in [2.45, 2.75) is 57.7 Å². The van der Waals surface area contributed by atoms with E-state index in [4.69, 9.17) is 4.74 Å². The second-order valence-electron chi connectivity index (χ2n) is 9.22. The zero-order valence-electron chi connectivity index (χ0n) is 20.7. The molecule has 36 heavy (non-hydrogen) atoms. The molecular formula is C25H29F3N4O3S. The lowest BCUT2D eigenvalue weighted by Gasteiger charge is -2.37. The first kappa shape index (κ1) is 27.5. The van der Waals surface area contributed by atoms with Gasteiger partial charge in [-0.25, -0.2) is 23.4 Å². The largest absolute Gasteiger partial charge is 0.475 e. The Bertz CT molecular complexity index is 1310. The number of aromatic nitrogens is 3. The molecule has 0 aliphatic heterocycles. The molecule has 2 aromatic heterocycles. The van der Waals surface area contributed by atoms with Crippen LogP contribution in [0.4, 0.5) is 13.2 Å². The fraction of sp³-hybridized carbons (Fsp3) is 0.400. The Kier molecular flexibility index (Phi) is 8.04. The van der Waals surface area contributed by atoms with Crippen LogP contribution in [0.5, 0.6) is 5.88 Å². The minimum Gasteiger partial charge on any atom is -0.475 e. The van der Waals surface area contributed by atoms with E-state index in [9.17, 15) is 21.6 Å². The molecule has 3 rings (SSSR count). The molecule has 0 amide bonds. The number of pyridine rings is 1. The standard InChI is InChI=1S/C25H29F3N4O3S/c1-16(2)13-24(25(26,27)28,32-36(33,34)21-8-6-17(3)7-9-21)15-35-23-18(4)12-20(14-30-23)22-10-11-29-19(5)31-22/h6-12,14,16,32H,13,15H2,1-5H3. The van der Waals surface area contributed by atoms with Crippen LogP contribution in [0.15, 0.2) is 53.7 Å². The number of sulfonamides is 1. The van der Waals surface area contributed by atoms with Gasteiger partial charge in [-0.2, -0.15) is 17.9 Å². The first-order valence-electron chi connectivity index (χ1n) is 11.3. The zero-order chi connectivity index (χ0) is 26.7. The Hall–Kier alpha value is -3.05. The summed E-state index contributed by atoms with van der Waals surface area (Å²) in [4.78, 5) is 12.3. The maximum Gasteiger partial charge on any atom is 0.410 e. The molecule has 0 saturated heterocycles. The van der Waals surface area contributed by atoms with Gasteiger partial charge in [0.2, 0.25) is 15.9 Å². The van der Waals surface area contributed by atoms with Crippen molar-refractivity contribution in [3.05, 3.63) is 65.7 Å². The van der Waals surface area contributed by atoms with Gasteiger partial charge in [-0.1, -0.05) is 31.5 Å². The van der Waals surface area contributed by atoms with Crippen molar-refractivity contribution in [2.75, 3.05) is 6.61 Å². The van der Waals surface area contributed by atoms with Crippen LogP contribution >= 0.6 is 0 Å². The summed E-state index contributed by atoms with van der Waals surface area (Å²) in [7, 11) is -4.51. The van der Waals surface area contributed by atoms with Crippen molar-refractivity contribution >= 4 is 10.0 Å². The van der Waals surface area contributed by atoms with E-state index in [2.05, 4.69) is 15.0 Å². The van der Waals surface area contributed by atoms with E-state index in [0.29, 0.717) is 22.6 Å². The molecule has 1 unspecified atom stereocenters. The molecule has 1 N–H and O–H groups in total. The van der Waals surface area contributed by atoms with Gasteiger partial charge in [-0.15, -0.1) is 0 Å². The summed E-state index contributed by atoms with van der Waals surface area (Å²) in [6, 6.07) is 8.98. The molecule has 0 bridgehead atoms. The van der Waals surface area contributed by atoms with E-state index >= 15 is 0 Å². The van der Waals surface area contributed by atoms with E-state index in [-0.39, 0.29) is 10.8 Å². The summed E-state index contributed by atoms with van der Waals surface area (Å²) in [6.45, 7) is 7.33. The highest BCUT2D eigenvalue weighted by Crippen LogP contribution is 2.38. The average Bonchev–Trinajstić information content (AvgIpc) is 2.77. The molecule has 0 aliphatic rings. The van der Waals surface area contributed by atoms with Gasteiger partial charge in [0.05, 0.1) is 10.6 Å². The molecule has 1 aromatic carbocycles. The maximum absolute atomic E-state index is 14.5. The Labute approximate surface area is 209 Å². The number of aryl methyl sites for hydroxylation is 3. The van der Waals surface area contributed by atoms with Gasteiger partial charge in [0.15, 0.2) is 5.54 Å². The Morgan fingerprint density at radius 3 is 2.25 bits per heavy atom. The summed E-state index contributed by atoms with van der Waals surface area (Å²) in [5.41, 5.74) is -0.356. The predicted molar refractivity (Wildman–Crippen MR) is 130 cm³/mol. The molecule has 11 heteroatoms. The minimum absolute atomic E-state index is 0.0311. The van der Waals surface area contributed by atoms with Crippen molar-refractivity contribution in [1.29, 1.82) is 0 Å². The second kappa shape index (κ2) is 10.5. The minimum atomic E-state index is -4.94. The predicted octanol–water partition coefficient (Wildman–Crippen LogP) is 5.17. The highest BCUT2D eigenvalue weighted by molar-refractivity contribution is 7.89. The zero-order valence-corrected chi connectivity index (χ0v) is 21.5. The molecule has 3 aromatic rings. The van der Waals surface area contributed by atoms with Crippen LogP contribution in [-0.4, -0.2) is 41.7 Å². The molecule has 0 spiro atoms. The maximum atomic E-state index is 14.5. The van der Waals surface area contributed by atoms with Crippen LogP contribution in [0.1, 0.15) is 37.2 Å². The quantitative estimate of drug-likeness (QED) is 0.417. The monoisotopic (exact) mass is 522 g/mol. The normalized spacial score (nSPS) is 14.0. The topological polar surface area (TPSA) is 94.1 Å². The second-order valence-corrected chi connectivity index (χ2v) is 10.9. The molecule has 0 radical (unpaired) electrons. The summed E-state index contributed by atoms with van der Waals surface area (Å²) in [5, 5.41) is 0. The summed E-state index contributed by atoms with van der Waals surface area (Å²) in [6.07, 6.45) is -2.43. The van der Waals surface area contributed by atoms with Crippen molar-refractivity contribution in [3.8, 4) is 17.1 Å². The molecule has 2 heterocycles. The number of hydrogen-bond donors (Lipinski definition) is 1. The van der Waals surface area contributed by atoms with Crippen LogP contribution in [0.2, 0.25) is 0 Å². The van der Waals surface area contributed by atoms with E-state index < -0.39 is 40.7 Å². The lowest BCUT2D eigenvalue weighted by molar-refractivity contribution is -0.203. The molecule has 194 valence electrons. The number of benzene rings is 1. The SMILES string of the molecule is Cc1ccc(S(=O)(=O)NC(COc2ncc(-c3ccnc(C)n3)cc2C)(CC(C)C)C(F)(F)F)cc1. The third kappa shape index (κ3) is 6.38. The lowest BCUT2D eigenvalue weighted by atomic mass is 9.90. The number of nitrogens with one attached hydrogen (secondary N) is 1. The number of ether oxygens (including phenoxy) is 1. The first-order chi connectivity index (χ1) is 16.7. The summed E-state index contributed by atoms with van der Waals surface area (Å²) < 4.78 is 77.1. The van der Waals surface area contributed by atoms with Crippen LogP contribution in [0.25, 0.3) is 11.3 Å². The van der Waals surface area contributed by atoms with E-state index in [1.54, 1.807) is 52.9 Å². The lowest BCUT2D eigenvalue weighted by Crippen LogP contribution is -2.62. The van der Waals surface area contributed by atoms with Gasteiger partial charge >= 0.3 is 6.18 Å². The van der Waals surface area contributed by atoms with Gasteiger partial charge < -0.3 is 4.74 Å². The number of alkyl halides is 3. The van der Waals surface area contributed by atoms with Crippen molar-refractivity contribution in [3.63, 3.8) is 0 Å². The van der Waals surface area contributed by atoms with E-state index in [0.717, 1.165) is 5.56 Å². The molecule has 7 nitrogen and oxygen atoms in total. The number of hydrogen-bond acceptors (Lipinski definition) is 6. The van der Waals surface area contributed by atoms with Gasteiger partial charge in [0, 0.05) is 23.5 Å².